The van der Waals surface area contributed by atoms with Crippen LogP contribution in [0.1, 0.15) is 52.7 Å². The SMILES string of the molecule is CCN1CCC(N(Cc2cccs2)C(=O)c2cn3c(n2)C(=O)N(CC)CC3)CC1. The largest absolute Gasteiger partial charge is 0.334 e. The zero-order valence-electron chi connectivity index (χ0n) is 17.2. The highest BCUT2D eigenvalue weighted by Gasteiger charge is 2.32. The number of piperidine rings is 1. The van der Waals surface area contributed by atoms with Crippen LogP contribution in [0.2, 0.25) is 0 Å². The molecule has 7 nitrogen and oxygen atoms in total. The lowest BCUT2D eigenvalue weighted by Crippen LogP contribution is -2.47. The Kier molecular flexibility index (Phi) is 6.01. The van der Waals surface area contributed by atoms with E-state index in [-0.39, 0.29) is 17.9 Å². The van der Waals surface area contributed by atoms with Crippen molar-refractivity contribution in [1.29, 1.82) is 0 Å². The predicted octanol–water partition coefficient (Wildman–Crippen LogP) is 2.55. The molecule has 2 aliphatic heterocycles. The lowest BCUT2D eigenvalue weighted by Gasteiger charge is -2.37. The van der Waals surface area contributed by atoms with E-state index in [9.17, 15) is 9.59 Å². The van der Waals surface area contributed by atoms with Gasteiger partial charge in [-0.15, -0.1) is 11.3 Å². The summed E-state index contributed by atoms with van der Waals surface area (Å²) in [5, 5.41) is 2.05. The molecule has 2 amide bonds. The second-order valence-corrected chi connectivity index (χ2v) is 8.74. The Balaban J connectivity index is 1.58. The van der Waals surface area contributed by atoms with Gasteiger partial charge in [-0.1, -0.05) is 13.0 Å². The second-order valence-electron chi connectivity index (χ2n) is 7.71. The van der Waals surface area contributed by atoms with E-state index in [1.165, 1.54) is 4.88 Å². The van der Waals surface area contributed by atoms with E-state index in [1.54, 1.807) is 22.4 Å². The minimum atomic E-state index is -0.0844. The van der Waals surface area contributed by atoms with Crippen LogP contribution in [0, 0.1) is 0 Å². The zero-order chi connectivity index (χ0) is 20.4. The lowest BCUT2D eigenvalue weighted by molar-refractivity contribution is 0.0552. The number of imidazole rings is 1. The van der Waals surface area contributed by atoms with Gasteiger partial charge in [0.2, 0.25) is 0 Å². The van der Waals surface area contributed by atoms with Crippen molar-refractivity contribution in [3.05, 3.63) is 40.1 Å². The molecule has 1 fully saturated rings. The van der Waals surface area contributed by atoms with Crippen molar-refractivity contribution in [2.45, 2.75) is 45.8 Å². The standard InChI is InChI=1S/C21H29N5O2S/c1-3-23-9-7-16(8-10-23)26(14-17-6-5-13-29-17)20(27)18-15-25-12-11-24(4-2)21(28)19(25)22-18/h5-6,13,15-16H,3-4,7-12,14H2,1-2H3. The van der Waals surface area contributed by atoms with Gasteiger partial charge in [-0.3, -0.25) is 9.59 Å². The minimum absolute atomic E-state index is 0.0638. The monoisotopic (exact) mass is 415 g/mol. The minimum Gasteiger partial charge on any atom is -0.334 e. The summed E-state index contributed by atoms with van der Waals surface area (Å²) in [5.74, 6) is 0.239. The number of thiophene rings is 1. The molecule has 0 atom stereocenters. The second kappa shape index (κ2) is 8.67. The number of carbonyl (C=O) groups excluding carboxylic acids is 2. The van der Waals surface area contributed by atoms with E-state index in [1.807, 2.05) is 27.8 Å². The number of nitrogens with zero attached hydrogens (tertiary/aromatic N) is 5. The van der Waals surface area contributed by atoms with Crippen LogP contribution >= 0.6 is 11.3 Å². The Morgan fingerprint density at radius 3 is 2.66 bits per heavy atom. The van der Waals surface area contributed by atoms with E-state index < -0.39 is 0 Å². The maximum Gasteiger partial charge on any atom is 0.289 e. The molecule has 156 valence electrons. The molecule has 0 aliphatic carbocycles. The van der Waals surface area contributed by atoms with Crippen molar-refractivity contribution in [3.8, 4) is 0 Å². The number of carbonyl (C=O) groups is 2. The van der Waals surface area contributed by atoms with Crippen LogP contribution in [0.15, 0.2) is 23.7 Å². The van der Waals surface area contributed by atoms with Crippen LogP contribution in [0.25, 0.3) is 0 Å². The maximum atomic E-state index is 13.5. The molecule has 0 unspecified atom stereocenters. The van der Waals surface area contributed by atoms with Gasteiger partial charge in [0.25, 0.3) is 11.8 Å². The summed E-state index contributed by atoms with van der Waals surface area (Å²) in [5.41, 5.74) is 0.390. The summed E-state index contributed by atoms with van der Waals surface area (Å²) in [6, 6.07) is 4.30. The Morgan fingerprint density at radius 2 is 2.00 bits per heavy atom. The molecule has 8 heteroatoms. The predicted molar refractivity (Wildman–Crippen MR) is 113 cm³/mol. The Morgan fingerprint density at radius 1 is 1.21 bits per heavy atom. The molecular formula is C21H29N5O2S. The van der Waals surface area contributed by atoms with Gasteiger partial charge in [-0.25, -0.2) is 4.98 Å². The number of hydrogen-bond donors (Lipinski definition) is 0. The van der Waals surface area contributed by atoms with Crippen LogP contribution in [0.5, 0.6) is 0 Å². The average Bonchev–Trinajstić information content (AvgIpc) is 3.42. The molecule has 0 saturated carbocycles. The smallest absolute Gasteiger partial charge is 0.289 e. The fraction of sp³-hybridized carbons (Fsp3) is 0.571. The molecule has 2 aromatic heterocycles. The topological polar surface area (TPSA) is 61.7 Å². The highest BCUT2D eigenvalue weighted by molar-refractivity contribution is 7.09. The molecule has 29 heavy (non-hydrogen) atoms. The first-order valence-electron chi connectivity index (χ1n) is 10.5. The number of rotatable bonds is 6. The molecule has 0 bridgehead atoms. The van der Waals surface area contributed by atoms with Crippen molar-refractivity contribution in [2.75, 3.05) is 32.7 Å². The van der Waals surface area contributed by atoms with Crippen molar-refractivity contribution in [3.63, 3.8) is 0 Å². The molecule has 1 saturated heterocycles. The third-order valence-electron chi connectivity index (χ3n) is 6.08. The number of hydrogen-bond acceptors (Lipinski definition) is 5. The van der Waals surface area contributed by atoms with Crippen LogP contribution in [-0.4, -0.2) is 74.8 Å². The van der Waals surface area contributed by atoms with E-state index >= 15 is 0 Å². The van der Waals surface area contributed by atoms with E-state index in [0.717, 1.165) is 32.5 Å². The van der Waals surface area contributed by atoms with Gasteiger partial charge in [0.15, 0.2) is 5.82 Å². The van der Waals surface area contributed by atoms with Gasteiger partial charge in [-0.05, 0) is 37.8 Å². The van der Waals surface area contributed by atoms with Crippen LogP contribution < -0.4 is 0 Å². The average molecular weight is 416 g/mol. The number of aromatic nitrogens is 2. The summed E-state index contributed by atoms with van der Waals surface area (Å²) in [4.78, 5) is 37.9. The Bertz CT molecular complexity index is 855. The summed E-state index contributed by atoms with van der Waals surface area (Å²) >= 11 is 1.67. The van der Waals surface area contributed by atoms with Gasteiger partial charge in [-0.2, -0.15) is 0 Å². The summed E-state index contributed by atoms with van der Waals surface area (Å²) < 4.78 is 1.84. The molecule has 2 aromatic rings. The van der Waals surface area contributed by atoms with Gasteiger partial charge < -0.3 is 19.3 Å². The molecular weight excluding hydrogens is 386 g/mol. The van der Waals surface area contributed by atoms with Crippen molar-refractivity contribution < 1.29 is 9.59 Å². The molecule has 4 heterocycles. The molecule has 2 aliphatic rings. The number of amides is 2. The van der Waals surface area contributed by atoms with Crippen molar-refractivity contribution >= 4 is 23.2 Å². The molecule has 0 spiro atoms. The van der Waals surface area contributed by atoms with Gasteiger partial charge in [0.1, 0.15) is 5.69 Å². The van der Waals surface area contributed by atoms with Crippen LogP contribution in [0.4, 0.5) is 0 Å². The van der Waals surface area contributed by atoms with Crippen LogP contribution in [0.3, 0.4) is 0 Å². The summed E-state index contributed by atoms with van der Waals surface area (Å²) in [6.45, 7) is 9.85. The number of fused-ring (bicyclic) bond motifs is 1. The summed E-state index contributed by atoms with van der Waals surface area (Å²) in [7, 11) is 0. The van der Waals surface area contributed by atoms with Crippen molar-refractivity contribution in [1.82, 2.24) is 24.3 Å². The zero-order valence-corrected chi connectivity index (χ0v) is 18.0. The van der Waals surface area contributed by atoms with E-state index in [2.05, 4.69) is 22.9 Å². The van der Waals surface area contributed by atoms with Gasteiger partial charge in [0, 0.05) is 49.8 Å². The third kappa shape index (κ3) is 4.09. The lowest BCUT2D eigenvalue weighted by atomic mass is 10.0. The highest BCUT2D eigenvalue weighted by atomic mass is 32.1. The van der Waals surface area contributed by atoms with Gasteiger partial charge in [0.05, 0.1) is 6.54 Å². The van der Waals surface area contributed by atoms with E-state index in [0.29, 0.717) is 37.7 Å². The van der Waals surface area contributed by atoms with E-state index in [4.69, 9.17) is 0 Å². The molecule has 0 aromatic carbocycles. The molecule has 0 N–H and O–H groups in total. The third-order valence-corrected chi connectivity index (χ3v) is 6.94. The van der Waals surface area contributed by atoms with Gasteiger partial charge >= 0.3 is 0 Å². The Hall–Kier alpha value is -2.19. The quantitative estimate of drug-likeness (QED) is 0.727. The molecule has 0 radical (unpaired) electrons. The maximum absolute atomic E-state index is 13.5. The van der Waals surface area contributed by atoms with Crippen molar-refractivity contribution in [2.24, 2.45) is 0 Å². The first-order chi connectivity index (χ1) is 14.1. The van der Waals surface area contributed by atoms with Crippen LogP contribution in [-0.2, 0) is 13.1 Å². The fourth-order valence-electron chi connectivity index (χ4n) is 4.26. The number of likely N-dealkylation sites (N-methyl/N-ethyl adjacent to an activating group) is 1. The number of likely N-dealkylation sites (tertiary alicyclic amines) is 1. The highest BCUT2D eigenvalue weighted by Crippen LogP contribution is 2.24. The first-order valence-corrected chi connectivity index (χ1v) is 11.4. The summed E-state index contributed by atoms with van der Waals surface area (Å²) in [6.07, 6.45) is 3.72. The molecule has 4 rings (SSSR count). The first kappa shape index (κ1) is 20.1. The normalized spacial score (nSPS) is 18.1. The Labute approximate surface area is 175 Å². The fourth-order valence-corrected chi connectivity index (χ4v) is 4.97.